The quantitative estimate of drug-likeness (QED) is 0.787. The van der Waals surface area contributed by atoms with Crippen LogP contribution in [0.25, 0.3) is 0 Å². The van der Waals surface area contributed by atoms with Gasteiger partial charge < -0.3 is 10.5 Å². The Bertz CT molecular complexity index is 396. The largest absolute Gasteiger partial charge is 0.452 e. The summed E-state index contributed by atoms with van der Waals surface area (Å²) in [4.78, 5) is 21.9. The summed E-state index contributed by atoms with van der Waals surface area (Å²) in [5.74, 6) is -0.614. The monoisotopic (exact) mass is 235 g/mol. The second-order valence-corrected chi connectivity index (χ2v) is 4.34. The predicted octanol–water partition coefficient (Wildman–Crippen LogP) is 1.53. The highest BCUT2D eigenvalue weighted by Gasteiger charge is 2.08. The number of hydrogen-bond donors (Lipinski definition) is 1. The van der Waals surface area contributed by atoms with Crippen LogP contribution < -0.4 is 5.73 Å². The third-order valence-electron chi connectivity index (χ3n) is 2.18. The van der Waals surface area contributed by atoms with Crippen LogP contribution in [0.2, 0.25) is 0 Å². The minimum atomic E-state index is -0.658. The van der Waals surface area contributed by atoms with Crippen molar-refractivity contribution in [1.82, 2.24) is 0 Å². The van der Waals surface area contributed by atoms with Crippen LogP contribution >= 0.6 is 0 Å². The normalized spacial score (nSPS) is 10.3. The Labute approximate surface area is 101 Å². The second-order valence-electron chi connectivity index (χ2n) is 4.34. The molecule has 92 valence electrons. The molecule has 0 aliphatic carbocycles. The molecule has 1 amide bonds. The van der Waals surface area contributed by atoms with Gasteiger partial charge in [0.1, 0.15) is 0 Å². The van der Waals surface area contributed by atoms with Gasteiger partial charge in [-0.1, -0.05) is 26.0 Å². The molecule has 0 unspecified atom stereocenters. The molecular weight excluding hydrogens is 218 g/mol. The lowest BCUT2D eigenvalue weighted by Crippen LogP contribution is -2.20. The lowest BCUT2D eigenvalue weighted by atomic mass is 10.0. The maximum Gasteiger partial charge on any atom is 0.338 e. The Balaban J connectivity index is 2.60. The number of nitrogens with two attached hydrogens (primary N) is 1. The predicted molar refractivity (Wildman–Crippen MR) is 64.5 cm³/mol. The lowest BCUT2D eigenvalue weighted by Gasteiger charge is -2.06. The van der Waals surface area contributed by atoms with E-state index in [0.717, 1.165) is 6.42 Å². The van der Waals surface area contributed by atoms with Crippen LogP contribution in [-0.4, -0.2) is 18.5 Å². The highest BCUT2D eigenvalue weighted by Crippen LogP contribution is 2.10. The smallest absolute Gasteiger partial charge is 0.338 e. The molecule has 0 spiro atoms. The topological polar surface area (TPSA) is 69.4 Å². The van der Waals surface area contributed by atoms with Gasteiger partial charge in [-0.3, -0.25) is 4.79 Å². The van der Waals surface area contributed by atoms with E-state index in [9.17, 15) is 9.59 Å². The van der Waals surface area contributed by atoms with Gasteiger partial charge in [-0.05, 0) is 30.0 Å². The molecule has 0 aromatic heterocycles. The molecule has 0 atom stereocenters. The van der Waals surface area contributed by atoms with Gasteiger partial charge in [-0.25, -0.2) is 4.79 Å². The van der Waals surface area contributed by atoms with Crippen LogP contribution in [0.1, 0.15) is 29.8 Å². The first kappa shape index (κ1) is 13.2. The Kier molecular flexibility index (Phi) is 4.69. The van der Waals surface area contributed by atoms with E-state index in [4.69, 9.17) is 10.5 Å². The molecule has 4 nitrogen and oxygen atoms in total. The van der Waals surface area contributed by atoms with Crippen molar-refractivity contribution >= 4 is 11.9 Å². The molecule has 0 fully saturated rings. The summed E-state index contributed by atoms with van der Waals surface area (Å²) < 4.78 is 4.70. The Hall–Kier alpha value is -1.84. The van der Waals surface area contributed by atoms with Gasteiger partial charge in [0.25, 0.3) is 5.91 Å². The molecule has 1 aromatic carbocycles. The van der Waals surface area contributed by atoms with Crippen molar-refractivity contribution < 1.29 is 14.3 Å². The summed E-state index contributed by atoms with van der Waals surface area (Å²) in [5, 5.41) is 0. The van der Waals surface area contributed by atoms with Gasteiger partial charge in [-0.15, -0.1) is 0 Å². The third-order valence-corrected chi connectivity index (χ3v) is 2.18. The lowest BCUT2D eigenvalue weighted by molar-refractivity contribution is -0.121. The van der Waals surface area contributed by atoms with Gasteiger partial charge in [0.15, 0.2) is 6.61 Å². The van der Waals surface area contributed by atoms with Crippen molar-refractivity contribution in [2.75, 3.05) is 6.61 Å². The van der Waals surface area contributed by atoms with Crippen LogP contribution in [-0.2, 0) is 16.0 Å². The minimum Gasteiger partial charge on any atom is -0.452 e. The van der Waals surface area contributed by atoms with Gasteiger partial charge >= 0.3 is 5.97 Å². The number of hydrogen-bond acceptors (Lipinski definition) is 3. The average molecular weight is 235 g/mol. The Morgan fingerprint density at radius 2 is 1.82 bits per heavy atom. The summed E-state index contributed by atoms with van der Waals surface area (Å²) >= 11 is 0. The highest BCUT2D eigenvalue weighted by molar-refractivity contribution is 5.91. The van der Waals surface area contributed by atoms with E-state index in [1.807, 2.05) is 12.1 Å². The fraction of sp³-hybridized carbons (Fsp3) is 0.385. The maximum atomic E-state index is 11.5. The molecule has 0 saturated carbocycles. The van der Waals surface area contributed by atoms with Crippen molar-refractivity contribution in [2.24, 2.45) is 11.7 Å². The van der Waals surface area contributed by atoms with Crippen molar-refractivity contribution in [3.05, 3.63) is 35.4 Å². The van der Waals surface area contributed by atoms with Crippen LogP contribution in [0.5, 0.6) is 0 Å². The molecule has 2 N–H and O–H groups in total. The summed E-state index contributed by atoms with van der Waals surface area (Å²) in [6.45, 7) is 3.89. The number of carbonyl (C=O) groups excluding carboxylic acids is 2. The zero-order valence-electron chi connectivity index (χ0n) is 10.1. The van der Waals surface area contributed by atoms with Crippen molar-refractivity contribution in [3.8, 4) is 0 Å². The number of primary amides is 1. The molecule has 0 heterocycles. The number of amides is 1. The summed E-state index contributed by atoms with van der Waals surface area (Å²) in [6, 6.07) is 7.17. The van der Waals surface area contributed by atoms with Crippen LogP contribution in [0.4, 0.5) is 0 Å². The maximum absolute atomic E-state index is 11.5. The average Bonchev–Trinajstić information content (AvgIpc) is 2.26. The van der Waals surface area contributed by atoms with E-state index in [1.54, 1.807) is 12.1 Å². The first-order valence-electron chi connectivity index (χ1n) is 5.53. The fourth-order valence-corrected chi connectivity index (χ4v) is 1.47. The number of benzene rings is 1. The Morgan fingerprint density at radius 3 is 2.29 bits per heavy atom. The standard InChI is InChI=1S/C13H17NO3/c1-9(2)7-10-3-5-11(6-4-10)13(16)17-8-12(14)15/h3-6,9H,7-8H2,1-2H3,(H2,14,15). The molecule has 0 radical (unpaired) electrons. The summed E-state index contributed by atoms with van der Waals surface area (Å²) in [7, 11) is 0. The van der Waals surface area contributed by atoms with E-state index in [2.05, 4.69) is 13.8 Å². The fourth-order valence-electron chi connectivity index (χ4n) is 1.47. The molecular formula is C13H17NO3. The van der Waals surface area contributed by atoms with E-state index in [0.29, 0.717) is 11.5 Å². The molecule has 1 rings (SSSR count). The van der Waals surface area contributed by atoms with E-state index in [1.165, 1.54) is 5.56 Å². The SMILES string of the molecule is CC(C)Cc1ccc(C(=O)OCC(N)=O)cc1. The molecule has 17 heavy (non-hydrogen) atoms. The van der Waals surface area contributed by atoms with Crippen molar-refractivity contribution in [3.63, 3.8) is 0 Å². The van der Waals surface area contributed by atoms with Crippen molar-refractivity contribution in [2.45, 2.75) is 20.3 Å². The van der Waals surface area contributed by atoms with Gasteiger partial charge in [0.05, 0.1) is 5.56 Å². The van der Waals surface area contributed by atoms with Gasteiger partial charge in [-0.2, -0.15) is 0 Å². The third kappa shape index (κ3) is 4.68. The number of ether oxygens (including phenoxy) is 1. The van der Waals surface area contributed by atoms with E-state index in [-0.39, 0.29) is 6.61 Å². The van der Waals surface area contributed by atoms with Crippen LogP contribution in [0.15, 0.2) is 24.3 Å². The van der Waals surface area contributed by atoms with Gasteiger partial charge in [0, 0.05) is 0 Å². The highest BCUT2D eigenvalue weighted by atomic mass is 16.5. The number of carbonyl (C=O) groups is 2. The molecule has 4 heteroatoms. The first-order chi connectivity index (χ1) is 7.99. The van der Waals surface area contributed by atoms with E-state index < -0.39 is 11.9 Å². The summed E-state index contributed by atoms with van der Waals surface area (Å²) in [6.07, 6.45) is 0.969. The van der Waals surface area contributed by atoms with Crippen LogP contribution in [0.3, 0.4) is 0 Å². The molecule has 0 aliphatic rings. The zero-order valence-corrected chi connectivity index (χ0v) is 10.1. The summed E-state index contributed by atoms with van der Waals surface area (Å²) in [5.41, 5.74) is 6.48. The van der Waals surface area contributed by atoms with Crippen molar-refractivity contribution in [1.29, 1.82) is 0 Å². The van der Waals surface area contributed by atoms with Gasteiger partial charge in [0.2, 0.25) is 0 Å². The molecule has 0 aliphatic heterocycles. The first-order valence-corrected chi connectivity index (χ1v) is 5.53. The zero-order chi connectivity index (χ0) is 12.8. The number of esters is 1. The number of rotatable bonds is 5. The second kappa shape index (κ2) is 6.03. The van der Waals surface area contributed by atoms with E-state index >= 15 is 0 Å². The minimum absolute atomic E-state index is 0.382. The molecule has 0 bridgehead atoms. The molecule has 1 aromatic rings. The van der Waals surface area contributed by atoms with Crippen LogP contribution in [0, 0.1) is 5.92 Å². The Morgan fingerprint density at radius 1 is 1.24 bits per heavy atom. The molecule has 0 saturated heterocycles.